The van der Waals surface area contributed by atoms with E-state index in [-0.39, 0.29) is 5.91 Å². The summed E-state index contributed by atoms with van der Waals surface area (Å²) >= 11 is 7.67. The summed E-state index contributed by atoms with van der Waals surface area (Å²) in [7, 11) is 0. The van der Waals surface area contributed by atoms with E-state index in [9.17, 15) is 4.79 Å². The number of aromatic nitrogens is 1. The number of hydrogen-bond donors (Lipinski definition) is 1. The Hall–Kier alpha value is -2.15. The van der Waals surface area contributed by atoms with Gasteiger partial charge in [0, 0.05) is 31.2 Å². The Morgan fingerprint density at radius 2 is 1.77 bits per heavy atom. The molecule has 0 bridgehead atoms. The van der Waals surface area contributed by atoms with Crippen molar-refractivity contribution in [2.75, 3.05) is 31.1 Å². The van der Waals surface area contributed by atoms with E-state index in [1.807, 2.05) is 30.3 Å². The fourth-order valence-corrected chi connectivity index (χ4v) is 4.51. The molecule has 2 heterocycles. The van der Waals surface area contributed by atoms with Gasteiger partial charge in [-0.2, -0.15) is 0 Å². The van der Waals surface area contributed by atoms with Crippen molar-refractivity contribution in [1.82, 2.24) is 9.88 Å². The monoisotopic (exact) mass is 386 g/mol. The SMILES string of the molecule is NC(=O)C(c1ccc(Cl)cc1)N1CCN(c2nc3ccccc3s2)CC1. The number of primary amides is 1. The Morgan fingerprint density at radius 1 is 1.08 bits per heavy atom. The van der Waals surface area contributed by atoms with Gasteiger partial charge in [-0.1, -0.05) is 47.2 Å². The van der Waals surface area contributed by atoms with Crippen molar-refractivity contribution in [3.05, 3.63) is 59.1 Å². The van der Waals surface area contributed by atoms with E-state index in [1.165, 1.54) is 4.70 Å². The van der Waals surface area contributed by atoms with Crippen molar-refractivity contribution in [2.24, 2.45) is 5.73 Å². The Bertz CT molecular complexity index is 886. The normalized spacial score (nSPS) is 16.7. The van der Waals surface area contributed by atoms with Gasteiger partial charge in [0.05, 0.1) is 10.2 Å². The van der Waals surface area contributed by atoms with Crippen LogP contribution in [-0.2, 0) is 4.79 Å². The smallest absolute Gasteiger partial charge is 0.239 e. The average molecular weight is 387 g/mol. The van der Waals surface area contributed by atoms with Crippen LogP contribution in [-0.4, -0.2) is 42.0 Å². The molecule has 134 valence electrons. The van der Waals surface area contributed by atoms with Crippen molar-refractivity contribution >= 4 is 44.2 Å². The molecule has 2 aromatic carbocycles. The van der Waals surface area contributed by atoms with Crippen LogP contribution in [0.1, 0.15) is 11.6 Å². The highest BCUT2D eigenvalue weighted by Gasteiger charge is 2.29. The largest absolute Gasteiger partial charge is 0.368 e. The number of amides is 1. The molecule has 0 spiro atoms. The molecule has 1 saturated heterocycles. The maximum Gasteiger partial charge on any atom is 0.239 e. The number of nitrogens with zero attached hydrogens (tertiary/aromatic N) is 3. The van der Waals surface area contributed by atoms with Crippen molar-refractivity contribution in [1.29, 1.82) is 0 Å². The van der Waals surface area contributed by atoms with E-state index in [1.54, 1.807) is 23.5 Å². The van der Waals surface area contributed by atoms with Gasteiger partial charge in [0.2, 0.25) is 5.91 Å². The molecule has 0 saturated carbocycles. The number of fused-ring (bicyclic) bond motifs is 1. The maximum absolute atomic E-state index is 12.1. The second-order valence-electron chi connectivity index (χ2n) is 6.34. The van der Waals surface area contributed by atoms with Crippen LogP contribution in [0, 0.1) is 0 Å². The number of thiazole rings is 1. The van der Waals surface area contributed by atoms with Crippen LogP contribution in [0.2, 0.25) is 5.02 Å². The van der Waals surface area contributed by atoms with Crippen LogP contribution in [0.4, 0.5) is 5.13 Å². The molecule has 3 aromatic rings. The first-order valence-electron chi connectivity index (χ1n) is 8.51. The molecular formula is C19H19ClN4OS. The third kappa shape index (κ3) is 3.40. The van der Waals surface area contributed by atoms with Crippen LogP contribution in [0.25, 0.3) is 10.2 Å². The van der Waals surface area contributed by atoms with Gasteiger partial charge in [-0.05, 0) is 29.8 Å². The number of rotatable bonds is 4. The van der Waals surface area contributed by atoms with Crippen molar-refractivity contribution in [2.45, 2.75) is 6.04 Å². The van der Waals surface area contributed by atoms with E-state index in [2.05, 4.69) is 15.9 Å². The zero-order valence-electron chi connectivity index (χ0n) is 14.1. The minimum atomic E-state index is -0.426. The summed E-state index contributed by atoms with van der Waals surface area (Å²) in [5, 5.41) is 1.69. The molecule has 1 aliphatic rings. The summed E-state index contributed by atoms with van der Waals surface area (Å²) in [6.07, 6.45) is 0. The van der Waals surface area contributed by atoms with Gasteiger partial charge >= 0.3 is 0 Å². The van der Waals surface area contributed by atoms with Gasteiger partial charge < -0.3 is 10.6 Å². The van der Waals surface area contributed by atoms with Crippen molar-refractivity contribution < 1.29 is 4.79 Å². The highest BCUT2D eigenvalue weighted by Crippen LogP contribution is 2.30. The lowest BCUT2D eigenvalue weighted by Gasteiger charge is -2.38. The zero-order valence-corrected chi connectivity index (χ0v) is 15.7. The van der Waals surface area contributed by atoms with E-state index in [0.717, 1.165) is 42.4 Å². The quantitative estimate of drug-likeness (QED) is 0.747. The predicted octanol–water partition coefficient (Wildman–Crippen LogP) is 3.30. The number of carbonyl (C=O) groups is 1. The molecule has 0 aliphatic carbocycles. The van der Waals surface area contributed by atoms with E-state index in [4.69, 9.17) is 22.3 Å². The summed E-state index contributed by atoms with van der Waals surface area (Å²) in [6.45, 7) is 3.15. The molecule has 7 heteroatoms. The minimum Gasteiger partial charge on any atom is -0.368 e. The number of piperazine rings is 1. The van der Waals surface area contributed by atoms with Gasteiger partial charge in [-0.3, -0.25) is 9.69 Å². The maximum atomic E-state index is 12.1. The number of nitrogens with two attached hydrogens (primary N) is 1. The van der Waals surface area contributed by atoms with Crippen LogP contribution in [0.3, 0.4) is 0 Å². The fraction of sp³-hybridized carbons (Fsp3) is 0.263. The van der Waals surface area contributed by atoms with Gasteiger partial charge in [0.1, 0.15) is 6.04 Å². The Labute approximate surface area is 161 Å². The van der Waals surface area contributed by atoms with Gasteiger partial charge in [-0.25, -0.2) is 4.98 Å². The lowest BCUT2D eigenvalue weighted by molar-refractivity contribution is -0.123. The lowest BCUT2D eigenvalue weighted by Crippen LogP contribution is -2.50. The second-order valence-corrected chi connectivity index (χ2v) is 7.79. The number of halogens is 1. The number of hydrogen-bond acceptors (Lipinski definition) is 5. The topological polar surface area (TPSA) is 62.5 Å². The van der Waals surface area contributed by atoms with Crippen molar-refractivity contribution in [3.63, 3.8) is 0 Å². The molecule has 1 aliphatic heterocycles. The second kappa shape index (κ2) is 7.23. The summed E-state index contributed by atoms with van der Waals surface area (Å²) < 4.78 is 1.20. The average Bonchev–Trinajstić information content (AvgIpc) is 3.08. The first-order chi connectivity index (χ1) is 12.6. The molecule has 1 aromatic heterocycles. The summed E-state index contributed by atoms with van der Waals surface area (Å²) in [6, 6.07) is 15.1. The van der Waals surface area contributed by atoms with E-state index in [0.29, 0.717) is 5.02 Å². The summed E-state index contributed by atoms with van der Waals surface area (Å²) in [4.78, 5) is 21.2. The number of carbonyl (C=O) groups excluding carboxylic acids is 1. The predicted molar refractivity (Wildman–Crippen MR) is 107 cm³/mol. The molecular weight excluding hydrogens is 368 g/mol. The molecule has 5 nitrogen and oxygen atoms in total. The van der Waals surface area contributed by atoms with Crippen LogP contribution in [0.5, 0.6) is 0 Å². The van der Waals surface area contributed by atoms with Gasteiger partial charge in [0.25, 0.3) is 0 Å². The molecule has 1 fully saturated rings. The number of anilines is 1. The highest BCUT2D eigenvalue weighted by atomic mass is 35.5. The lowest BCUT2D eigenvalue weighted by atomic mass is 10.0. The molecule has 0 radical (unpaired) electrons. The summed E-state index contributed by atoms with van der Waals surface area (Å²) in [5.41, 5.74) is 7.61. The van der Waals surface area contributed by atoms with Gasteiger partial charge in [-0.15, -0.1) is 0 Å². The van der Waals surface area contributed by atoms with Gasteiger partial charge in [0.15, 0.2) is 5.13 Å². The van der Waals surface area contributed by atoms with E-state index >= 15 is 0 Å². The molecule has 1 amide bonds. The van der Waals surface area contributed by atoms with Crippen LogP contribution in [0.15, 0.2) is 48.5 Å². The van der Waals surface area contributed by atoms with E-state index < -0.39 is 6.04 Å². The molecule has 4 rings (SSSR count). The third-order valence-electron chi connectivity index (χ3n) is 4.69. The fourth-order valence-electron chi connectivity index (χ4n) is 3.37. The van der Waals surface area contributed by atoms with Crippen LogP contribution < -0.4 is 10.6 Å². The Kier molecular flexibility index (Phi) is 4.80. The Balaban J connectivity index is 1.49. The third-order valence-corrected chi connectivity index (χ3v) is 6.04. The Morgan fingerprint density at radius 3 is 2.42 bits per heavy atom. The zero-order chi connectivity index (χ0) is 18.1. The number of para-hydroxylation sites is 1. The molecule has 1 unspecified atom stereocenters. The molecule has 2 N–H and O–H groups in total. The first-order valence-corrected chi connectivity index (χ1v) is 9.70. The molecule has 1 atom stereocenters. The highest BCUT2D eigenvalue weighted by molar-refractivity contribution is 7.22. The summed E-state index contributed by atoms with van der Waals surface area (Å²) in [5.74, 6) is -0.333. The molecule has 26 heavy (non-hydrogen) atoms. The first kappa shape index (κ1) is 17.3. The minimum absolute atomic E-state index is 0.333. The number of benzene rings is 2. The standard InChI is InChI=1S/C19H19ClN4OS/c20-14-7-5-13(6-8-14)17(18(21)25)23-9-11-24(12-10-23)19-22-15-3-1-2-4-16(15)26-19/h1-8,17H,9-12H2,(H2,21,25). The van der Waals surface area contributed by atoms with Crippen molar-refractivity contribution in [3.8, 4) is 0 Å². The van der Waals surface area contributed by atoms with Crippen LogP contribution >= 0.6 is 22.9 Å².